The van der Waals surface area contributed by atoms with Crippen molar-refractivity contribution in [1.82, 2.24) is 15.2 Å². The number of carbonyl (C=O) groups excluding carboxylic acids is 5. The van der Waals surface area contributed by atoms with Gasteiger partial charge in [0.2, 0.25) is 12.2 Å². The number of carbonyl (C=O) groups is 5. The number of amides is 2. The molecule has 0 radical (unpaired) electrons. The van der Waals surface area contributed by atoms with Crippen LogP contribution in [0, 0.1) is 0 Å². The van der Waals surface area contributed by atoms with Gasteiger partial charge in [-0.05, 0) is 76.9 Å². The Labute approximate surface area is 526 Å². The molecule has 1 aromatic heterocycles. The van der Waals surface area contributed by atoms with E-state index in [1.165, 1.54) is 11.7 Å². The molecule has 0 spiro atoms. The van der Waals surface area contributed by atoms with Crippen LogP contribution in [-0.2, 0) is 89.9 Å². The molecule has 8 aromatic rings. The van der Waals surface area contributed by atoms with E-state index < -0.39 is 84.0 Å². The zero-order chi connectivity index (χ0) is 62.6. The van der Waals surface area contributed by atoms with Gasteiger partial charge in [-0.3, -0.25) is 9.36 Å². The van der Waals surface area contributed by atoms with Crippen molar-refractivity contribution in [3.8, 4) is 11.1 Å². The summed E-state index contributed by atoms with van der Waals surface area (Å²) in [5, 5.41) is 5.52. The second kappa shape index (κ2) is 29.1. The largest absolute Gasteiger partial charge is 0.466 e. The van der Waals surface area contributed by atoms with Crippen molar-refractivity contribution < 1.29 is 66.6 Å². The molecule has 2 N–H and O–H groups in total. The zero-order valence-electron chi connectivity index (χ0n) is 50.4. The van der Waals surface area contributed by atoms with Crippen LogP contribution in [-0.4, -0.2) is 102 Å². The van der Waals surface area contributed by atoms with Crippen molar-refractivity contribution in [1.29, 1.82) is 0 Å². The summed E-state index contributed by atoms with van der Waals surface area (Å²) in [6.45, 7) is 5.69. The van der Waals surface area contributed by atoms with E-state index in [0.29, 0.717) is 22.0 Å². The first kappa shape index (κ1) is 62.6. The fourth-order valence-electron chi connectivity index (χ4n) is 11.4. The first-order chi connectivity index (χ1) is 43.8. The van der Waals surface area contributed by atoms with Gasteiger partial charge in [-0.2, -0.15) is 0 Å². The van der Waals surface area contributed by atoms with E-state index >= 15 is 4.79 Å². The molecule has 11 rings (SSSR count). The topological polar surface area (TPSA) is 197 Å². The molecule has 90 heavy (non-hydrogen) atoms. The van der Waals surface area contributed by atoms with Crippen molar-refractivity contribution in [2.45, 2.75) is 113 Å². The van der Waals surface area contributed by atoms with E-state index in [0.717, 1.165) is 50.7 Å². The molecule has 3 aliphatic rings. The van der Waals surface area contributed by atoms with Crippen LogP contribution in [0.4, 0.5) is 9.59 Å². The normalized spacial score (nSPS) is 18.4. The number of thioether (sulfide) groups is 1. The summed E-state index contributed by atoms with van der Waals surface area (Å²) in [7, 11) is 1.24. The fourth-order valence-corrected chi connectivity index (χ4v) is 12.7. The standard InChI is InChI=1S/C72H71N3O14S/c1-72(2,3)89-71(80)75-39-50(51-31-21-22-36-59(51)75)37-57(74-70(79)86-44-56-54-34-19-17-32-52(54)53-33-18-20-35-55(53)56)66(76)73-58(67(77)85-43-49-29-15-8-16-30-49)38-60-64(68(78)81-4)90-65-63(84-42-48-27-13-7-14-28-48)62(83-41-47-25-11-6-12-26-47)61(88-69(65)87-60)45-82-40-46-23-9-5-10-24-46/h5-36,39,56-58,61-63,65,69H,37-38,40-45H2,1-4H3,(H,73,76)(H,74,79)/t57-,58-,61+,62+,63-,65+,69-/m0/s1. The Morgan fingerprint density at radius 2 is 1.13 bits per heavy atom. The van der Waals surface area contributed by atoms with E-state index in [1.54, 1.807) is 75.5 Å². The van der Waals surface area contributed by atoms with Crippen LogP contribution >= 0.6 is 11.8 Å². The van der Waals surface area contributed by atoms with Crippen molar-refractivity contribution in [3.63, 3.8) is 0 Å². The summed E-state index contributed by atoms with van der Waals surface area (Å²) in [5.41, 5.74) is 7.57. The molecular weight excluding hydrogens is 1160 g/mol. The zero-order valence-corrected chi connectivity index (χ0v) is 51.2. The number of alkyl carbamates (subject to hydrolysis) is 1. The molecule has 3 heterocycles. The third-order valence-electron chi connectivity index (χ3n) is 15.7. The predicted octanol–water partition coefficient (Wildman–Crippen LogP) is 12.1. The molecular formula is C72H71N3O14S. The van der Waals surface area contributed by atoms with Crippen molar-refractivity contribution >= 4 is 52.7 Å². The lowest BCUT2D eigenvalue weighted by Crippen LogP contribution is -2.61. The Bertz CT molecular complexity index is 3770. The highest BCUT2D eigenvalue weighted by Gasteiger charge is 2.53. The summed E-state index contributed by atoms with van der Waals surface area (Å²) < 4.78 is 58.4. The van der Waals surface area contributed by atoms with E-state index in [1.807, 2.05) is 146 Å². The maximum absolute atomic E-state index is 15.4. The van der Waals surface area contributed by atoms with Gasteiger partial charge in [-0.1, -0.05) is 188 Å². The molecule has 0 bridgehead atoms. The number of aromatic nitrogens is 1. The van der Waals surface area contributed by atoms with Gasteiger partial charge in [0.25, 0.3) is 0 Å². The van der Waals surface area contributed by atoms with E-state index in [2.05, 4.69) is 10.6 Å². The third-order valence-corrected chi connectivity index (χ3v) is 17.1. The Kier molecular flexibility index (Phi) is 20.2. The maximum atomic E-state index is 15.4. The average Bonchev–Trinajstić information content (AvgIpc) is 0.838. The fraction of sp³-hybridized carbons (Fsp3) is 0.292. The first-order valence-corrected chi connectivity index (χ1v) is 30.8. The third kappa shape index (κ3) is 15.3. The predicted molar refractivity (Wildman–Crippen MR) is 338 cm³/mol. The number of nitrogens with one attached hydrogen (secondary N) is 2. The van der Waals surface area contributed by atoms with Gasteiger partial charge in [0.1, 0.15) is 65.1 Å². The minimum atomic E-state index is -1.58. The summed E-state index contributed by atoms with van der Waals surface area (Å²) in [6.07, 6.45) is -4.21. The molecule has 18 heteroatoms. The molecule has 2 aliphatic heterocycles. The Hall–Kier alpha value is -9.04. The maximum Gasteiger partial charge on any atom is 0.419 e. The van der Waals surface area contributed by atoms with Gasteiger partial charge in [0, 0.05) is 30.3 Å². The number of fused-ring (bicyclic) bond motifs is 5. The smallest absolute Gasteiger partial charge is 0.419 e. The second-order valence-corrected chi connectivity index (χ2v) is 24.3. The lowest BCUT2D eigenvalue weighted by Gasteiger charge is -2.48. The van der Waals surface area contributed by atoms with E-state index in [-0.39, 0.29) is 62.6 Å². The van der Waals surface area contributed by atoms with Gasteiger partial charge in [-0.15, -0.1) is 11.8 Å². The highest BCUT2D eigenvalue weighted by molar-refractivity contribution is 8.04. The molecule has 0 saturated carbocycles. The molecule has 464 valence electrons. The molecule has 2 amide bonds. The van der Waals surface area contributed by atoms with E-state index in [4.69, 9.17) is 42.6 Å². The molecule has 0 unspecified atom stereocenters. The Morgan fingerprint density at radius 3 is 1.73 bits per heavy atom. The summed E-state index contributed by atoms with van der Waals surface area (Å²) in [5.74, 6) is -2.87. The number of hydrogen-bond acceptors (Lipinski definition) is 15. The van der Waals surface area contributed by atoms with Gasteiger partial charge >= 0.3 is 24.1 Å². The number of methoxy groups -OCH3 is 1. The SMILES string of the molecule is COC(=O)C1=C(C[C@H](NC(=O)[C@H](Cc2cn(C(=O)OC(C)(C)C)c3ccccc23)NC(=O)OCC2c3ccccc3-c3ccccc32)C(=O)OCc2ccccc2)O[C@H]2O[C@H](COCc3ccccc3)[C@@H](OCc3ccccc3)[C@H](OCc3ccccc3)[C@H]2S1. The quantitative estimate of drug-likeness (QED) is 0.0453. The molecule has 1 fully saturated rings. The second-order valence-electron chi connectivity index (χ2n) is 23.1. The number of rotatable bonds is 23. The molecule has 7 aromatic carbocycles. The van der Waals surface area contributed by atoms with E-state index in [9.17, 15) is 19.2 Å². The van der Waals surface area contributed by atoms with Gasteiger partial charge < -0.3 is 53.3 Å². The van der Waals surface area contributed by atoms with Crippen molar-refractivity contribution in [2.24, 2.45) is 0 Å². The number of benzene rings is 7. The first-order valence-electron chi connectivity index (χ1n) is 29.9. The summed E-state index contributed by atoms with van der Waals surface area (Å²) >= 11 is 1.09. The Morgan fingerprint density at radius 1 is 0.589 bits per heavy atom. The van der Waals surface area contributed by atoms with Crippen molar-refractivity contribution in [2.75, 3.05) is 20.3 Å². The average molecular weight is 1230 g/mol. The Balaban J connectivity index is 0.926. The van der Waals surface area contributed by atoms with Crippen LogP contribution in [0.5, 0.6) is 0 Å². The number of nitrogens with zero attached hydrogens (tertiary/aromatic N) is 1. The van der Waals surface area contributed by atoms with Crippen molar-refractivity contribution in [3.05, 3.63) is 250 Å². The van der Waals surface area contributed by atoms with Crippen LogP contribution in [0.1, 0.15) is 72.1 Å². The van der Waals surface area contributed by atoms with Gasteiger partial charge in [0.05, 0.1) is 39.1 Å². The lowest BCUT2D eigenvalue weighted by molar-refractivity contribution is -0.267. The van der Waals surface area contributed by atoms with Gasteiger partial charge in [0.15, 0.2) is 0 Å². The number of esters is 2. The van der Waals surface area contributed by atoms with Crippen LogP contribution < -0.4 is 10.6 Å². The highest BCUT2D eigenvalue weighted by Crippen LogP contribution is 2.46. The molecule has 1 aliphatic carbocycles. The monoisotopic (exact) mass is 1230 g/mol. The number of ether oxygens (including phenoxy) is 9. The summed E-state index contributed by atoms with van der Waals surface area (Å²) in [6, 6.07) is 58.0. The lowest BCUT2D eigenvalue weighted by atomic mass is 9.98. The van der Waals surface area contributed by atoms with Crippen LogP contribution in [0.2, 0.25) is 0 Å². The minimum absolute atomic E-state index is 0.0189. The summed E-state index contributed by atoms with van der Waals surface area (Å²) in [4.78, 5) is 72.8. The molecule has 17 nitrogen and oxygen atoms in total. The highest BCUT2D eigenvalue weighted by atomic mass is 32.2. The number of para-hydroxylation sites is 1. The number of hydrogen-bond donors (Lipinski definition) is 2. The van der Waals surface area contributed by atoms with Gasteiger partial charge in [-0.25, -0.2) is 19.2 Å². The van der Waals surface area contributed by atoms with Crippen LogP contribution in [0.25, 0.3) is 22.0 Å². The molecule has 7 atom stereocenters. The molecule has 1 saturated heterocycles. The van der Waals surface area contributed by atoms with Crippen LogP contribution in [0.15, 0.2) is 211 Å². The van der Waals surface area contributed by atoms with Crippen LogP contribution in [0.3, 0.4) is 0 Å². The minimum Gasteiger partial charge on any atom is -0.466 e.